The van der Waals surface area contributed by atoms with Gasteiger partial charge in [0.1, 0.15) is 0 Å². The maximum atomic E-state index is 11.8. The third kappa shape index (κ3) is 3.42. The number of nitrogens with zero attached hydrogens (tertiary/aromatic N) is 1. The Morgan fingerprint density at radius 1 is 1.47 bits per heavy atom. The van der Waals surface area contributed by atoms with Crippen molar-refractivity contribution < 1.29 is 4.74 Å². The molecule has 0 unspecified atom stereocenters. The molecule has 1 rings (SSSR count). The normalized spacial score (nSPS) is 10.7. The lowest BCUT2D eigenvalue weighted by Crippen LogP contribution is -2.23. The number of ether oxygens (including phenoxy) is 1. The molecule has 15 heavy (non-hydrogen) atoms. The lowest BCUT2D eigenvalue weighted by Gasteiger charge is -2.10. The standard InChI is InChI=1S/C12H19NO2/c1-4-8-15-11-6-5-7-13(12(11)14)9-10(2)3/h5-7,10H,4,8-9H2,1-3H3. The highest BCUT2D eigenvalue weighted by Crippen LogP contribution is 2.04. The maximum Gasteiger partial charge on any atom is 0.292 e. The van der Waals surface area contributed by atoms with Crippen molar-refractivity contribution in [2.24, 2.45) is 5.92 Å². The Kier molecular flexibility index (Phi) is 4.40. The van der Waals surface area contributed by atoms with Crippen LogP contribution in [-0.2, 0) is 6.54 Å². The van der Waals surface area contributed by atoms with Crippen LogP contribution in [0.3, 0.4) is 0 Å². The van der Waals surface area contributed by atoms with Crippen molar-refractivity contribution in [3.63, 3.8) is 0 Å². The van der Waals surface area contributed by atoms with E-state index in [0.717, 1.165) is 13.0 Å². The van der Waals surface area contributed by atoms with Crippen LogP contribution in [0.1, 0.15) is 27.2 Å². The summed E-state index contributed by atoms with van der Waals surface area (Å²) in [5, 5.41) is 0. The summed E-state index contributed by atoms with van der Waals surface area (Å²) in [6.07, 6.45) is 2.72. The highest BCUT2D eigenvalue weighted by molar-refractivity contribution is 5.17. The zero-order valence-electron chi connectivity index (χ0n) is 9.69. The van der Waals surface area contributed by atoms with Gasteiger partial charge in [-0.25, -0.2) is 0 Å². The summed E-state index contributed by atoms with van der Waals surface area (Å²) in [5.74, 6) is 0.920. The molecule has 3 heteroatoms. The van der Waals surface area contributed by atoms with Crippen molar-refractivity contribution >= 4 is 0 Å². The van der Waals surface area contributed by atoms with Gasteiger partial charge in [0.2, 0.25) is 0 Å². The Hall–Kier alpha value is -1.25. The molecule has 1 aromatic heterocycles. The van der Waals surface area contributed by atoms with Crippen LogP contribution < -0.4 is 10.3 Å². The van der Waals surface area contributed by atoms with E-state index in [4.69, 9.17) is 4.74 Å². The summed E-state index contributed by atoms with van der Waals surface area (Å²) in [6, 6.07) is 3.59. The molecule has 0 bridgehead atoms. The third-order valence-corrected chi connectivity index (χ3v) is 2.01. The van der Waals surface area contributed by atoms with E-state index < -0.39 is 0 Å². The van der Waals surface area contributed by atoms with Gasteiger partial charge in [0.25, 0.3) is 5.56 Å². The molecule has 84 valence electrons. The van der Waals surface area contributed by atoms with Crippen molar-refractivity contribution in [2.75, 3.05) is 6.61 Å². The molecule has 0 aliphatic heterocycles. The van der Waals surface area contributed by atoms with Crippen LogP contribution >= 0.6 is 0 Å². The summed E-state index contributed by atoms with van der Waals surface area (Å²) in [5.41, 5.74) is -0.0281. The summed E-state index contributed by atoms with van der Waals surface area (Å²) < 4.78 is 7.08. The van der Waals surface area contributed by atoms with Crippen LogP contribution in [0.4, 0.5) is 0 Å². The molecule has 0 saturated heterocycles. The average molecular weight is 209 g/mol. The molecule has 0 aliphatic carbocycles. The van der Waals surface area contributed by atoms with E-state index in [-0.39, 0.29) is 5.56 Å². The fourth-order valence-corrected chi connectivity index (χ4v) is 1.37. The van der Waals surface area contributed by atoms with Gasteiger partial charge in [0, 0.05) is 12.7 Å². The Bertz CT molecular complexity index is 355. The smallest absolute Gasteiger partial charge is 0.292 e. The monoisotopic (exact) mass is 209 g/mol. The van der Waals surface area contributed by atoms with Gasteiger partial charge in [-0.3, -0.25) is 4.79 Å². The molecular weight excluding hydrogens is 190 g/mol. The van der Waals surface area contributed by atoms with E-state index >= 15 is 0 Å². The second-order valence-electron chi connectivity index (χ2n) is 4.07. The van der Waals surface area contributed by atoms with E-state index in [2.05, 4.69) is 13.8 Å². The molecule has 0 N–H and O–H groups in total. The third-order valence-electron chi connectivity index (χ3n) is 2.01. The summed E-state index contributed by atoms with van der Waals surface area (Å²) in [4.78, 5) is 11.8. The van der Waals surface area contributed by atoms with E-state index in [9.17, 15) is 4.79 Å². The van der Waals surface area contributed by atoms with Crippen molar-refractivity contribution in [3.05, 3.63) is 28.7 Å². The van der Waals surface area contributed by atoms with Crippen LogP contribution in [0.5, 0.6) is 5.75 Å². The first-order valence-corrected chi connectivity index (χ1v) is 5.47. The summed E-state index contributed by atoms with van der Waals surface area (Å²) in [7, 11) is 0. The van der Waals surface area contributed by atoms with Gasteiger partial charge < -0.3 is 9.30 Å². The molecule has 0 saturated carbocycles. The number of hydrogen-bond acceptors (Lipinski definition) is 2. The molecule has 0 spiro atoms. The lowest BCUT2D eigenvalue weighted by atomic mass is 10.2. The summed E-state index contributed by atoms with van der Waals surface area (Å²) in [6.45, 7) is 7.54. The first-order chi connectivity index (χ1) is 7.15. The second kappa shape index (κ2) is 5.59. The van der Waals surface area contributed by atoms with E-state index in [1.807, 2.05) is 13.0 Å². The Balaban J connectivity index is 2.85. The second-order valence-corrected chi connectivity index (χ2v) is 4.07. The number of aromatic nitrogens is 1. The topological polar surface area (TPSA) is 31.2 Å². The molecule has 1 heterocycles. The zero-order chi connectivity index (χ0) is 11.3. The van der Waals surface area contributed by atoms with E-state index in [0.29, 0.717) is 18.3 Å². The van der Waals surface area contributed by atoms with E-state index in [1.165, 1.54) is 0 Å². The largest absolute Gasteiger partial charge is 0.488 e. The van der Waals surface area contributed by atoms with Crippen molar-refractivity contribution in [1.29, 1.82) is 0 Å². The Morgan fingerprint density at radius 3 is 2.80 bits per heavy atom. The molecule has 0 aliphatic rings. The quantitative estimate of drug-likeness (QED) is 0.745. The first kappa shape index (κ1) is 11.8. The minimum atomic E-state index is -0.0281. The van der Waals surface area contributed by atoms with Crippen LogP contribution in [0.15, 0.2) is 23.1 Å². The molecule has 0 atom stereocenters. The van der Waals surface area contributed by atoms with Crippen LogP contribution in [-0.4, -0.2) is 11.2 Å². The molecule has 0 fully saturated rings. The number of pyridine rings is 1. The van der Waals surface area contributed by atoms with Crippen LogP contribution in [0.2, 0.25) is 0 Å². The summed E-state index contributed by atoms with van der Waals surface area (Å²) >= 11 is 0. The van der Waals surface area contributed by atoms with Crippen molar-refractivity contribution in [2.45, 2.75) is 33.7 Å². The Labute approximate surface area is 90.7 Å². The molecular formula is C12H19NO2. The predicted molar refractivity (Wildman–Crippen MR) is 61.3 cm³/mol. The van der Waals surface area contributed by atoms with Crippen LogP contribution in [0, 0.1) is 5.92 Å². The average Bonchev–Trinajstić information content (AvgIpc) is 2.19. The zero-order valence-corrected chi connectivity index (χ0v) is 9.69. The molecule has 3 nitrogen and oxygen atoms in total. The van der Waals surface area contributed by atoms with Gasteiger partial charge in [0.05, 0.1) is 6.61 Å². The van der Waals surface area contributed by atoms with Gasteiger partial charge in [-0.2, -0.15) is 0 Å². The fourth-order valence-electron chi connectivity index (χ4n) is 1.37. The minimum Gasteiger partial charge on any atom is -0.488 e. The van der Waals surface area contributed by atoms with Gasteiger partial charge >= 0.3 is 0 Å². The fraction of sp³-hybridized carbons (Fsp3) is 0.583. The maximum absolute atomic E-state index is 11.8. The lowest BCUT2D eigenvalue weighted by molar-refractivity contribution is 0.309. The molecule has 0 amide bonds. The van der Waals surface area contributed by atoms with E-state index in [1.54, 1.807) is 16.8 Å². The predicted octanol–water partition coefficient (Wildman–Crippen LogP) is 2.29. The molecule has 0 aromatic carbocycles. The Morgan fingerprint density at radius 2 is 2.20 bits per heavy atom. The van der Waals surface area contributed by atoms with Gasteiger partial charge in [-0.05, 0) is 24.5 Å². The minimum absolute atomic E-state index is 0.0281. The SMILES string of the molecule is CCCOc1cccn(CC(C)C)c1=O. The molecule has 1 aromatic rings. The van der Waals surface area contributed by atoms with Gasteiger partial charge in [-0.1, -0.05) is 20.8 Å². The number of hydrogen-bond donors (Lipinski definition) is 0. The van der Waals surface area contributed by atoms with Gasteiger partial charge in [0.15, 0.2) is 5.75 Å². The highest BCUT2D eigenvalue weighted by atomic mass is 16.5. The highest BCUT2D eigenvalue weighted by Gasteiger charge is 2.04. The molecule has 0 radical (unpaired) electrons. The number of rotatable bonds is 5. The van der Waals surface area contributed by atoms with Gasteiger partial charge in [-0.15, -0.1) is 0 Å². The van der Waals surface area contributed by atoms with Crippen molar-refractivity contribution in [3.8, 4) is 5.75 Å². The first-order valence-electron chi connectivity index (χ1n) is 5.47. The van der Waals surface area contributed by atoms with Crippen molar-refractivity contribution in [1.82, 2.24) is 4.57 Å². The van der Waals surface area contributed by atoms with Crippen LogP contribution in [0.25, 0.3) is 0 Å².